The molecule has 1 aliphatic rings. The molecule has 1 aliphatic heterocycles. The second kappa shape index (κ2) is 20.7. The Morgan fingerprint density at radius 3 is 2.38 bits per heavy atom. The van der Waals surface area contributed by atoms with Gasteiger partial charge >= 0.3 is 0 Å². The molecule has 130 valence electrons. The number of ether oxygens (including phenoxy) is 1. The van der Waals surface area contributed by atoms with Gasteiger partial charge < -0.3 is 14.4 Å². The van der Waals surface area contributed by atoms with Crippen LogP contribution >= 0.6 is 0 Å². The summed E-state index contributed by atoms with van der Waals surface area (Å²) in [7, 11) is 2.19. The second-order valence-electron chi connectivity index (χ2n) is 5.52. The van der Waals surface area contributed by atoms with Crippen molar-refractivity contribution in [3.8, 4) is 0 Å². The quantitative estimate of drug-likeness (QED) is 0.181. The van der Waals surface area contributed by atoms with Crippen LogP contribution in [-0.4, -0.2) is 89.3 Å². The summed E-state index contributed by atoms with van der Waals surface area (Å²) in [4.78, 5) is 12.6. The SMILES string of the molecule is C=C(/C=C\C(=C)OCCCC1CCN(C)CC1)C[C-]=O.CC.[K].[Y]. The molecule has 0 spiro atoms. The van der Waals surface area contributed by atoms with Crippen molar-refractivity contribution in [3.05, 3.63) is 36.6 Å². The van der Waals surface area contributed by atoms with E-state index in [2.05, 4.69) is 25.1 Å². The molecule has 2 radical (unpaired) electrons. The van der Waals surface area contributed by atoms with Crippen LogP contribution in [0.25, 0.3) is 0 Å². The smallest absolute Gasteiger partial charge is 0.112 e. The Balaban J connectivity index is -0.00000106. The Morgan fingerprint density at radius 2 is 1.83 bits per heavy atom. The molecule has 1 fully saturated rings. The molecule has 0 bridgehead atoms. The molecule has 0 N–H and O–H groups in total. The number of likely N-dealkylation sites (tertiary alicyclic amines) is 1. The van der Waals surface area contributed by atoms with Gasteiger partial charge in [0.05, 0.1) is 6.61 Å². The molecule has 0 aromatic heterocycles. The fraction of sp³-hybridized carbons (Fsp3) is 0.632. The van der Waals surface area contributed by atoms with Crippen LogP contribution in [0.3, 0.4) is 0 Å². The zero-order valence-corrected chi connectivity index (χ0v) is 22.1. The van der Waals surface area contributed by atoms with Crippen LogP contribution in [0.15, 0.2) is 36.6 Å². The standard InChI is InChI=1S/C17H26NO2.C2H6.K.Y/c1-15(10-13-19)6-7-16(2)20-14-4-5-17-8-11-18(3)12-9-17;1-2;;/h6-7,17H,1-2,4-5,8-12,14H2,3H3;1-2H3;;/q-1;;;/b7-6-;;;. The summed E-state index contributed by atoms with van der Waals surface area (Å²) >= 11 is 0. The van der Waals surface area contributed by atoms with Crippen molar-refractivity contribution in [3.63, 3.8) is 0 Å². The van der Waals surface area contributed by atoms with E-state index in [9.17, 15) is 4.79 Å². The minimum absolute atomic E-state index is 0. The zero-order valence-electron chi connectivity index (χ0n) is 16.1. The Labute approximate surface area is 217 Å². The predicted molar refractivity (Wildman–Crippen MR) is 100 cm³/mol. The van der Waals surface area contributed by atoms with E-state index >= 15 is 0 Å². The molecule has 1 rings (SSSR count). The van der Waals surface area contributed by atoms with Crippen molar-refractivity contribution in [2.24, 2.45) is 5.92 Å². The van der Waals surface area contributed by atoms with Crippen molar-refractivity contribution < 1.29 is 42.2 Å². The van der Waals surface area contributed by atoms with Crippen molar-refractivity contribution in [1.29, 1.82) is 0 Å². The maximum atomic E-state index is 10.2. The van der Waals surface area contributed by atoms with Gasteiger partial charge in [-0.2, -0.15) is 0 Å². The minimum Gasteiger partial charge on any atom is -0.541 e. The van der Waals surface area contributed by atoms with Crippen molar-refractivity contribution in [1.82, 2.24) is 4.90 Å². The Kier molecular flexibility index (Phi) is 26.0. The van der Waals surface area contributed by atoms with Crippen LogP contribution in [0.1, 0.15) is 46.0 Å². The molecular formula is C19H32KNO2Y-. The third kappa shape index (κ3) is 16.8. The zero-order chi connectivity index (χ0) is 16.8. The number of rotatable bonds is 9. The largest absolute Gasteiger partial charge is 0.541 e. The number of nitrogens with zero attached hydrogens (tertiary/aromatic N) is 1. The summed E-state index contributed by atoms with van der Waals surface area (Å²) in [6.45, 7) is 14.7. The number of carbonyl (C=O) groups excluding carboxylic acids is 1. The fourth-order valence-electron chi connectivity index (χ4n) is 2.34. The van der Waals surface area contributed by atoms with Crippen LogP contribution < -0.4 is 0 Å². The summed E-state index contributed by atoms with van der Waals surface area (Å²) in [5.74, 6) is 1.47. The first-order valence-electron chi connectivity index (χ1n) is 8.33. The molecule has 0 saturated carbocycles. The first-order chi connectivity index (χ1) is 10.6. The van der Waals surface area contributed by atoms with Gasteiger partial charge in [0.1, 0.15) is 5.76 Å². The second-order valence-corrected chi connectivity index (χ2v) is 5.52. The first kappa shape index (κ1) is 30.1. The normalized spacial score (nSPS) is 14.6. The molecule has 0 atom stereocenters. The van der Waals surface area contributed by atoms with Gasteiger partial charge in [-0.25, -0.2) is 0 Å². The van der Waals surface area contributed by atoms with E-state index in [0.717, 1.165) is 17.9 Å². The maximum absolute atomic E-state index is 10.2. The average Bonchev–Trinajstić information content (AvgIpc) is 2.53. The van der Waals surface area contributed by atoms with Crippen LogP contribution in [-0.2, 0) is 42.2 Å². The van der Waals surface area contributed by atoms with E-state index in [-0.39, 0.29) is 90.5 Å². The molecule has 1 heterocycles. The molecule has 1 saturated heterocycles. The van der Waals surface area contributed by atoms with Crippen molar-refractivity contribution >= 4 is 57.7 Å². The van der Waals surface area contributed by atoms with E-state index in [1.807, 2.05) is 20.1 Å². The maximum Gasteiger partial charge on any atom is 0.112 e. The molecule has 24 heavy (non-hydrogen) atoms. The molecule has 0 aliphatic carbocycles. The van der Waals surface area contributed by atoms with Crippen LogP contribution in [0.4, 0.5) is 0 Å². The average molecular weight is 434 g/mol. The molecule has 5 heteroatoms. The van der Waals surface area contributed by atoms with Gasteiger partial charge in [-0.05, 0) is 57.8 Å². The van der Waals surface area contributed by atoms with Gasteiger partial charge in [-0.15, -0.1) is 6.42 Å². The van der Waals surface area contributed by atoms with Gasteiger partial charge in [0.25, 0.3) is 0 Å². The molecule has 3 nitrogen and oxygen atoms in total. The number of allylic oxidation sites excluding steroid dienone is 3. The number of hydrogen-bond donors (Lipinski definition) is 0. The van der Waals surface area contributed by atoms with Gasteiger partial charge in [0.15, 0.2) is 0 Å². The number of piperidine rings is 1. The molecule has 0 unspecified atom stereocenters. The Hall–Kier alpha value is 1.39. The summed E-state index contributed by atoms with van der Waals surface area (Å²) in [5, 5.41) is 0. The topological polar surface area (TPSA) is 29.5 Å². The first-order valence-corrected chi connectivity index (χ1v) is 8.33. The van der Waals surface area contributed by atoms with Crippen molar-refractivity contribution in [2.45, 2.75) is 46.0 Å². The van der Waals surface area contributed by atoms with E-state index in [1.54, 1.807) is 12.2 Å². The minimum atomic E-state index is 0. The molecular weight excluding hydrogens is 402 g/mol. The van der Waals surface area contributed by atoms with Gasteiger partial charge in [0.2, 0.25) is 0 Å². The van der Waals surface area contributed by atoms with Crippen LogP contribution in [0.5, 0.6) is 0 Å². The van der Waals surface area contributed by atoms with Gasteiger partial charge in [0, 0.05) is 84.1 Å². The third-order valence-corrected chi connectivity index (χ3v) is 3.69. The monoisotopic (exact) mass is 434 g/mol. The van der Waals surface area contributed by atoms with Crippen LogP contribution in [0.2, 0.25) is 0 Å². The summed E-state index contributed by atoms with van der Waals surface area (Å²) in [6.07, 6.45) is 10.5. The van der Waals surface area contributed by atoms with Crippen LogP contribution in [0, 0.1) is 5.92 Å². The molecule has 0 aromatic rings. The van der Waals surface area contributed by atoms with E-state index < -0.39 is 0 Å². The Bertz CT molecular complexity index is 364. The summed E-state index contributed by atoms with van der Waals surface area (Å²) < 4.78 is 5.55. The van der Waals surface area contributed by atoms with Gasteiger partial charge in [-0.3, -0.25) is 6.29 Å². The molecule has 0 amide bonds. The third-order valence-electron chi connectivity index (χ3n) is 3.69. The summed E-state index contributed by atoms with van der Waals surface area (Å²) in [6, 6.07) is 0. The fourth-order valence-corrected chi connectivity index (χ4v) is 2.34. The molecule has 0 aromatic carbocycles. The number of hydrogen-bond acceptors (Lipinski definition) is 3. The van der Waals surface area contributed by atoms with Gasteiger partial charge in [-0.1, -0.05) is 38.7 Å². The van der Waals surface area contributed by atoms with E-state index in [1.165, 1.54) is 32.4 Å². The van der Waals surface area contributed by atoms with E-state index in [4.69, 9.17) is 4.74 Å². The van der Waals surface area contributed by atoms with Crippen molar-refractivity contribution in [2.75, 3.05) is 26.7 Å². The Morgan fingerprint density at radius 1 is 1.25 bits per heavy atom. The predicted octanol–water partition coefficient (Wildman–Crippen LogP) is 3.89. The summed E-state index contributed by atoms with van der Waals surface area (Å²) in [5.41, 5.74) is 0.719. The van der Waals surface area contributed by atoms with E-state index in [0.29, 0.717) is 12.4 Å².